The Hall–Kier alpha value is -1.93. The van der Waals surface area contributed by atoms with E-state index in [9.17, 15) is 0 Å². The van der Waals surface area contributed by atoms with Gasteiger partial charge >= 0.3 is 0 Å². The molecule has 2 heterocycles. The summed E-state index contributed by atoms with van der Waals surface area (Å²) in [6, 6.07) is 19.3. The summed E-state index contributed by atoms with van der Waals surface area (Å²) in [5.74, 6) is 0.678. The van der Waals surface area contributed by atoms with Gasteiger partial charge < -0.3 is 0 Å². The number of hydrogen-bond donors (Lipinski definition) is 0. The van der Waals surface area contributed by atoms with E-state index in [1.807, 2.05) is 0 Å². The van der Waals surface area contributed by atoms with E-state index < -0.39 is 0 Å². The van der Waals surface area contributed by atoms with Crippen molar-refractivity contribution in [1.82, 2.24) is 4.98 Å². The third-order valence-corrected chi connectivity index (χ3v) is 4.63. The molecule has 4 rings (SSSR count). The molecule has 0 bridgehead atoms. The van der Waals surface area contributed by atoms with E-state index >= 15 is 0 Å². The maximum absolute atomic E-state index is 4.88. The van der Waals surface area contributed by atoms with Crippen molar-refractivity contribution in [2.24, 2.45) is 0 Å². The van der Waals surface area contributed by atoms with Gasteiger partial charge in [-0.3, -0.25) is 4.98 Å². The molecule has 0 radical (unpaired) electrons. The molecule has 20 heavy (non-hydrogen) atoms. The predicted molar refractivity (Wildman–Crippen MR) is 85.0 cm³/mol. The Morgan fingerprint density at radius 1 is 0.900 bits per heavy atom. The van der Waals surface area contributed by atoms with E-state index in [2.05, 4.69) is 60.0 Å². The first kappa shape index (κ1) is 11.9. The summed E-state index contributed by atoms with van der Waals surface area (Å²) >= 11 is 1.79. The number of aromatic nitrogens is 1. The zero-order valence-electron chi connectivity index (χ0n) is 11.1. The van der Waals surface area contributed by atoms with Gasteiger partial charge in [0.25, 0.3) is 0 Å². The summed E-state index contributed by atoms with van der Waals surface area (Å²) in [5.41, 5.74) is 4.86. The van der Waals surface area contributed by atoms with E-state index in [0.29, 0.717) is 5.92 Å². The van der Waals surface area contributed by atoms with Crippen LogP contribution >= 0.6 is 11.3 Å². The summed E-state index contributed by atoms with van der Waals surface area (Å²) < 4.78 is 0. The minimum Gasteiger partial charge on any atom is -0.253 e. The van der Waals surface area contributed by atoms with E-state index in [-0.39, 0.29) is 0 Å². The van der Waals surface area contributed by atoms with Gasteiger partial charge in [0.15, 0.2) is 0 Å². The summed E-state index contributed by atoms with van der Waals surface area (Å²) in [6.45, 7) is 0. The lowest BCUT2D eigenvalue weighted by Crippen LogP contribution is -1.92. The Bertz CT molecular complexity index is 712. The molecule has 0 saturated heterocycles. The van der Waals surface area contributed by atoms with Gasteiger partial charge in [-0.1, -0.05) is 36.4 Å². The Kier molecular flexibility index (Phi) is 2.89. The largest absolute Gasteiger partial charge is 0.253 e. The molecule has 1 saturated carbocycles. The van der Waals surface area contributed by atoms with Crippen molar-refractivity contribution in [1.29, 1.82) is 0 Å². The molecule has 98 valence electrons. The molecular weight excluding hydrogens is 262 g/mol. The molecule has 3 aromatic rings. The van der Waals surface area contributed by atoms with Crippen molar-refractivity contribution in [3.8, 4) is 21.7 Å². The van der Waals surface area contributed by atoms with E-state index in [1.165, 1.54) is 34.5 Å². The molecule has 1 aliphatic carbocycles. The third-order valence-electron chi connectivity index (χ3n) is 3.72. The molecule has 2 aromatic heterocycles. The monoisotopic (exact) mass is 277 g/mol. The SMILES string of the molecule is c1ccc(-c2cc(-c3cccs3)cc(C3CC3)n2)cc1. The van der Waals surface area contributed by atoms with Crippen LogP contribution in [0.2, 0.25) is 0 Å². The highest BCUT2D eigenvalue weighted by Gasteiger charge is 2.26. The lowest BCUT2D eigenvalue weighted by Gasteiger charge is -2.08. The van der Waals surface area contributed by atoms with Gasteiger partial charge in [-0.05, 0) is 42.0 Å². The van der Waals surface area contributed by atoms with Crippen molar-refractivity contribution in [2.45, 2.75) is 18.8 Å². The van der Waals surface area contributed by atoms with E-state index in [1.54, 1.807) is 11.3 Å². The van der Waals surface area contributed by atoms with Crippen LogP contribution in [0.3, 0.4) is 0 Å². The van der Waals surface area contributed by atoms with Crippen LogP contribution in [0, 0.1) is 0 Å². The standard InChI is InChI=1S/C18H15NS/c1-2-5-13(6-3-1)16-11-15(18-7-4-10-20-18)12-17(19-16)14-8-9-14/h1-7,10-12,14H,8-9H2. The maximum atomic E-state index is 4.88. The van der Waals surface area contributed by atoms with Crippen LogP contribution in [0.15, 0.2) is 60.0 Å². The first-order valence-electron chi connectivity index (χ1n) is 7.01. The lowest BCUT2D eigenvalue weighted by molar-refractivity contribution is 1.03. The molecule has 0 aliphatic heterocycles. The van der Waals surface area contributed by atoms with Crippen LogP contribution in [-0.2, 0) is 0 Å². The van der Waals surface area contributed by atoms with Gasteiger partial charge in [-0.25, -0.2) is 0 Å². The van der Waals surface area contributed by atoms with Crippen LogP contribution in [-0.4, -0.2) is 4.98 Å². The number of benzene rings is 1. The molecule has 0 unspecified atom stereocenters. The van der Waals surface area contributed by atoms with Gasteiger partial charge in [0.2, 0.25) is 0 Å². The minimum absolute atomic E-state index is 0.678. The Morgan fingerprint density at radius 2 is 1.75 bits per heavy atom. The van der Waals surface area contributed by atoms with Gasteiger partial charge in [0.1, 0.15) is 0 Å². The Morgan fingerprint density at radius 3 is 2.45 bits per heavy atom. The van der Waals surface area contributed by atoms with Crippen molar-refractivity contribution < 1.29 is 0 Å². The zero-order valence-corrected chi connectivity index (χ0v) is 11.9. The van der Waals surface area contributed by atoms with Crippen LogP contribution in [0.5, 0.6) is 0 Å². The molecule has 0 N–H and O–H groups in total. The topological polar surface area (TPSA) is 12.9 Å². The van der Waals surface area contributed by atoms with Crippen molar-refractivity contribution in [3.63, 3.8) is 0 Å². The molecular formula is C18H15NS. The van der Waals surface area contributed by atoms with Gasteiger partial charge in [0, 0.05) is 22.1 Å². The number of nitrogens with zero attached hydrogens (tertiary/aromatic N) is 1. The zero-order chi connectivity index (χ0) is 13.4. The predicted octanol–water partition coefficient (Wildman–Crippen LogP) is 5.35. The molecule has 1 fully saturated rings. The fraction of sp³-hybridized carbons (Fsp3) is 0.167. The third kappa shape index (κ3) is 2.27. The summed E-state index contributed by atoms with van der Waals surface area (Å²) in [6.07, 6.45) is 2.57. The molecule has 1 aromatic carbocycles. The average molecular weight is 277 g/mol. The molecule has 0 spiro atoms. The lowest BCUT2D eigenvalue weighted by atomic mass is 10.1. The highest BCUT2D eigenvalue weighted by Crippen LogP contribution is 2.41. The van der Waals surface area contributed by atoms with Gasteiger partial charge in [0.05, 0.1) is 5.69 Å². The normalized spacial score (nSPS) is 14.4. The van der Waals surface area contributed by atoms with E-state index in [0.717, 1.165) is 5.69 Å². The van der Waals surface area contributed by atoms with E-state index in [4.69, 9.17) is 4.98 Å². The molecule has 0 atom stereocenters. The molecule has 0 amide bonds. The fourth-order valence-electron chi connectivity index (χ4n) is 2.48. The second-order valence-electron chi connectivity index (χ2n) is 5.28. The highest BCUT2D eigenvalue weighted by atomic mass is 32.1. The smallest absolute Gasteiger partial charge is 0.0711 e. The summed E-state index contributed by atoms with van der Waals surface area (Å²) in [5, 5.41) is 2.13. The van der Waals surface area contributed by atoms with Crippen LogP contribution in [0.4, 0.5) is 0 Å². The number of hydrogen-bond acceptors (Lipinski definition) is 2. The minimum atomic E-state index is 0.678. The second kappa shape index (κ2) is 4.88. The molecule has 1 aliphatic rings. The fourth-order valence-corrected chi connectivity index (χ4v) is 3.20. The number of rotatable bonds is 3. The second-order valence-corrected chi connectivity index (χ2v) is 6.23. The molecule has 1 nitrogen and oxygen atoms in total. The summed E-state index contributed by atoms with van der Waals surface area (Å²) in [4.78, 5) is 6.21. The maximum Gasteiger partial charge on any atom is 0.0711 e. The van der Waals surface area contributed by atoms with Gasteiger partial charge in [-0.2, -0.15) is 0 Å². The Balaban J connectivity index is 1.86. The van der Waals surface area contributed by atoms with Crippen LogP contribution in [0.1, 0.15) is 24.5 Å². The highest BCUT2D eigenvalue weighted by molar-refractivity contribution is 7.13. The summed E-state index contributed by atoms with van der Waals surface area (Å²) in [7, 11) is 0. The van der Waals surface area contributed by atoms with Crippen molar-refractivity contribution >= 4 is 11.3 Å². The van der Waals surface area contributed by atoms with Crippen molar-refractivity contribution in [2.75, 3.05) is 0 Å². The van der Waals surface area contributed by atoms with Gasteiger partial charge in [-0.15, -0.1) is 11.3 Å². The van der Waals surface area contributed by atoms with Crippen molar-refractivity contribution in [3.05, 3.63) is 65.7 Å². The quantitative estimate of drug-likeness (QED) is 0.628. The first-order chi connectivity index (χ1) is 9.90. The average Bonchev–Trinajstić information content (AvgIpc) is 3.22. The van der Waals surface area contributed by atoms with Crippen LogP contribution < -0.4 is 0 Å². The number of thiophene rings is 1. The number of pyridine rings is 1. The Labute approximate surface area is 122 Å². The molecule has 2 heteroatoms. The van der Waals surface area contributed by atoms with Crippen LogP contribution in [0.25, 0.3) is 21.7 Å². The first-order valence-corrected chi connectivity index (χ1v) is 7.89.